The molecule has 8 heteroatoms. The molecule has 1 fully saturated rings. The second kappa shape index (κ2) is 9.05. The number of nitrogens with one attached hydrogen (secondary N) is 1. The van der Waals surface area contributed by atoms with E-state index in [1.165, 1.54) is 0 Å². The molecule has 3 aromatic heterocycles. The van der Waals surface area contributed by atoms with Gasteiger partial charge in [0.15, 0.2) is 0 Å². The molecule has 0 amide bonds. The Kier molecular flexibility index (Phi) is 5.79. The van der Waals surface area contributed by atoms with E-state index in [0.717, 1.165) is 46.7 Å². The minimum absolute atomic E-state index is 0.0782. The summed E-state index contributed by atoms with van der Waals surface area (Å²) in [6.45, 7) is 4.17. The summed E-state index contributed by atoms with van der Waals surface area (Å²) in [5, 5.41) is 7.74. The molecular weight excluding hydrogens is 428 g/mol. The molecule has 0 atom stereocenters. The molecule has 172 valence electrons. The number of benzene rings is 1. The monoisotopic (exact) mass is 454 g/mol. The predicted octanol–water partition coefficient (Wildman–Crippen LogP) is 5.12. The number of hydrogen-bond donors (Lipinski definition) is 1. The summed E-state index contributed by atoms with van der Waals surface area (Å²) in [5.41, 5.74) is 4.55. The lowest BCUT2D eigenvalue weighted by Gasteiger charge is -2.11. The molecule has 3 heterocycles. The number of pyridine rings is 1. The van der Waals surface area contributed by atoms with E-state index >= 15 is 0 Å². The molecule has 0 saturated heterocycles. The number of hydrogen-bond acceptors (Lipinski definition) is 7. The van der Waals surface area contributed by atoms with E-state index in [1.807, 2.05) is 49.6 Å². The van der Waals surface area contributed by atoms with Gasteiger partial charge in [0.1, 0.15) is 17.4 Å². The summed E-state index contributed by atoms with van der Waals surface area (Å²) in [7, 11) is 1.87. The highest BCUT2D eigenvalue weighted by Gasteiger charge is 2.31. The summed E-state index contributed by atoms with van der Waals surface area (Å²) in [5.74, 6) is 2.25. The highest BCUT2D eigenvalue weighted by Crippen LogP contribution is 2.32. The molecule has 5 rings (SSSR count). The molecule has 0 radical (unpaired) electrons. The predicted molar refractivity (Wildman–Crippen MR) is 130 cm³/mol. The van der Waals surface area contributed by atoms with Crippen LogP contribution >= 0.6 is 0 Å². The Balaban J connectivity index is 1.34. The van der Waals surface area contributed by atoms with Crippen LogP contribution in [0.15, 0.2) is 61.2 Å². The average Bonchev–Trinajstić information content (AvgIpc) is 3.65. The molecule has 0 bridgehead atoms. The van der Waals surface area contributed by atoms with Gasteiger partial charge in [-0.05, 0) is 42.5 Å². The van der Waals surface area contributed by atoms with Gasteiger partial charge in [-0.25, -0.2) is 4.98 Å². The van der Waals surface area contributed by atoms with Crippen molar-refractivity contribution in [3.63, 3.8) is 0 Å². The van der Waals surface area contributed by atoms with E-state index in [2.05, 4.69) is 39.2 Å². The van der Waals surface area contributed by atoms with Gasteiger partial charge in [-0.3, -0.25) is 19.4 Å². The number of carbonyl (C=O) groups is 1. The maximum absolute atomic E-state index is 11.8. The van der Waals surface area contributed by atoms with Gasteiger partial charge in [-0.15, -0.1) is 0 Å². The van der Waals surface area contributed by atoms with Crippen molar-refractivity contribution in [2.75, 3.05) is 5.32 Å². The van der Waals surface area contributed by atoms with E-state index in [0.29, 0.717) is 11.6 Å². The lowest BCUT2D eigenvalue weighted by molar-refractivity contribution is -0.135. The largest absolute Gasteiger partial charge is 0.426 e. The standard InChI is InChI=1S/C26H26N6O2/c1-16(2)23-14-27-15-24(30-23)31-25-21(13-29-32(25)3)22-11-8-19(12-28-22)17-6-9-20(10-7-17)34-26(33)18-4-5-18/h6-16,18H,4-5H2,1-3H3,(H,30,31). The van der Waals surface area contributed by atoms with Crippen LogP contribution in [-0.4, -0.2) is 30.7 Å². The summed E-state index contributed by atoms with van der Waals surface area (Å²) in [6, 6.07) is 11.5. The zero-order chi connectivity index (χ0) is 23.7. The number of anilines is 2. The molecule has 1 saturated carbocycles. The van der Waals surface area contributed by atoms with Crippen LogP contribution in [0.4, 0.5) is 11.6 Å². The summed E-state index contributed by atoms with van der Waals surface area (Å²) in [4.78, 5) is 25.5. The van der Waals surface area contributed by atoms with Crippen LogP contribution in [0, 0.1) is 5.92 Å². The second-order valence-corrected chi connectivity index (χ2v) is 8.79. The molecule has 1 aromatic carbocycles. The third-order valence-electron chi connectivity index (χ3n) is 5.79. The molecule has 8 nitrogen and oxygen atoms in total. The van der Waals surface area contributed by atoms with Gasteiger partial charge in [-0.1, -0.05) is 32.0 Å². The fraction of sp³-hybridized carbons (Fsp3) is 0.269. The number of nitrogens with zero attached hydrogens (tertiary/aromatic N) is 5. The topological polar surface area (TPSA) is 94.8 Å². The molecule has 0 aliphatic heterocycles. The van der Waals surface area contributed by atoms with Crippen LogP contribution in [0.25, 0.3) is 22.4 Å². The van der Waals surface area contributed by atoms with Crippen molar-refractivity contribution in [3.05, 3.63) is 66.9 Å². The Hall–Kier alpha value is -4.07. The van der Waals surface area contributed by atoms with Crippen LogP contribution in [-0.2, 0) is 11.8 Å². The van der Waals surface area contributed by atoms with E-state index in [1.54, 1.807) is 23.3 Å². The molecule has 1 N–H and O–H groups in total. The van der Waals surface area contributed by atoms with Crippen molar-refractivity contribution in [1.82, 2.24) is 24.7 Å². The molecule has 34 heavy (non-hydrogen) atoms. The number of ether oxygens (including phenoxy) is 1. The van der Waals surface area contributed by atoms with E-state index in [-0.39, 0.29) is 17.8 Å². The van der Waals surface area contributed by atoms with Gasteiger partial charge < -0.3 is 10.1 Å². The Bertz CT molecular complexity index is 1310. The molecule has 1 aliphatic rings. The quantitative estimate of drug-likeness (QED) is 0.306. The summed E-state index contributed by atoms with van der Waals surface area (Å²) < 4.78 is 7.17. The Morgan fingerprint density at radius 2 is 1.79 bits per heavy atom. The zero-order valence-electron chi connectivity index (χ0n) is 19.4. The SMILES string of the molecule is CC(C)c1cncc(Nc2c(-c3ccc(-c4ccc(OC(=O)C5CC5)cc4)cn3)cnn2C)n1. The third-order valence-corrected chi connectivity index (χ3v) is 5.79. The van der Waals surface area contributed by atoms with Gasteiger partial charge in [0.2, 0.25) is 0 Å². The van der Waals surface area contributed by atoms with Crippen molar-refractivity contribution in [3.8, 4) is 28.1 Å². The second-order valence-electron chi connectivity index (χ2n) is 8.79. The highest BCUT2D eigenvalue weighted by atomic mass is 16.5. The summed E-state index contributed by atoms with van der Waals surface area (Å²) >= 11 is 0. The van der Waals surface area contributed by atoms with Crippen LogP contribution in [0.3, 0.4) is 0 Å². The average molecular weight is 455 g/mol. The minimum Gasteiger partial charge on any atom is -0.426 e. The highest BCUT2D eigenvalue weighted by molar-refractivity contribution is 5.78. The van der Waals surface area contributed by atoms with Crippen LogP contribution in [0.5, 0.6) is 5.75 Å². The van der Waals surface area contributed by atoms with Gasteiger partial charge >= 0.3 is 5.97 Å². The fourth-order valence-electron chi connectivity index (χ4n) is 3.57. The Labute approximate surface area is 198 Å². The van der Waals surface area contributed by atoms with Crippen molar-refractivity contribution in [1.29, 1.82) is 0 Å². The van der Waals surface area contributed by atoms with Crippen LogP contribution < -0.4 is 10.1 Å². The Morgan fingerprint density at radius 3 is 2.47 bits per heavy atom. The van der Waals surface area contributed by atoms with Crippen molar-refractivity contribution >= 4 is 17.6 Å². The molecule has 0 unspecified atom stereocenters. The van der Waals surface area contributed by atoms with Crippen molar-refractivity contribution < 1.29 is 9.53 Å². The smallest absolute Gasteiger partial charge is 0.314 e. The van der Waals surface area contributed by atoms with E-state index in [4.69, 9.17) is 4.74 Å². The first kappa shape index (κ1) is 21.8. The number of aromatic nitrogens is 5. The minimum atomic E-state index is -0.137. The molecular formula is C26H26N6O2. The lowest BCUT2D eigenvalue weighted by atomic mass is 10.1. The summed E-state index contributed by atoms with van der Waals surface area (Å²) in [6.07, 6.45) is 8.96. The molecule has 1 aliphatic carbocycles. The maximum atomic E-state index is 11.8. The van der Waals surface area contributed by atoms with Crippen LogP contribution in [0.1, 0.15) is 38.3 Å². The van der Waals surface area contributed by atoms with Crippen LogP contribution in [0.2, 0.25) is 0 Å². The maximum Gasteiger partial charge on any atom is 0.314 e. The van der Waals surface area contributed by atoms with Gasteiger partial charge in [0.05, 0.1) is 35.3 Å². The molecule has 4 aromatic rings. The van der Waals surface area contributed by atoms with Gasteiger partial charge in [-0.2, -0.15) is 5.10 Å². The third kappa shape index (κ3) is 4.66. The lowest BCUT2D eigenvalue weighted by Crippen LogP contribution is -2.09. The van der Waals surface area contributed by atoms with Crippen molar-refractivity contribution in [2.24, 2.45) is 13.0 Å². The number of esters is 1. The van der Waals surface area contributed by atoms with E-state index < -0.39 is 0 Å². The normalized spacial score (nSPS) is 13.2. The first-order valence-corrected chi connectivity index (χ1v) is 11.4. The van der Waals surface area contributed by atoms with E-state index in [9.17, 15) is 4.79 Å². The first-order valence-electron chi connectivity index (χ1n) is 11.4. The van der Waals surface area contributed by atoms with Gasteiger partial charge in [0.25, 0.3) is 0 Å². The zero-order valence-corrected chi connectivity index (χ0v) is 19.4. The fourth-order valence-corrected chi connectivity index (χ4v) is 3.57. The number of aryl methyl sites for hydroxylation is 1. The number of rotatable bonds is 7. The van der Waals surface area contributed by atoms with Gasteiger partial charge in [0, 0.05) is 25.0 Å². The first-order chi connectivity index (χ1) is 16.5. The Morgan fingerprint density at radius 1 is 1.03 bits per heavy atom. The molecule has 0 spiro atoms. The number of carbonyl (C=O) groups excluding carboxylic acids is 1. The van der Waals surface area contributed by atoms with Crippen molar-refractivity contribution in [2.45, 2.75) is 32.6 Å².